The van der Waals surface area contributed by atoms with Crippen LogP contribution in [-0.2, 0) is 24.3 Å². The topological polar surface area (TPSA) is 86.5 Å². The van der Waals surface area contributed by atoms with E-state index in [2.05, 4.69) is 9.55 Å². The summed E-state index contributed by atoms with van der Waals surface area (Å²) in [4.78, 5) is 21.0. The van der Waals surface area contributed by atoms with Gasteiger partial charge in [0.1, 0.15) is 18.2 Å². The van der Waals surface area contributed by atoms with Gasteiger partial charge in [0.25, 0.3) is 0 Å². The van der Waals surface area contributed by atoms with Gasteiger partial charge in [0, 0.05) is 35.1 Å². The molecule has 0 unspecified atom stereocenters. The van der Waals surface area contributed by atoms with Crippen LogP contribution in [0.25, 0.3) is 21.9 Å². The van der Waals surface area contributed by atoms with Crippen LogP contribution in [0.4, 0.5) is 4.39 Å². The van der Waals surface area contributed by atoms with Crippen molar-refractivity contribution >= 4 is 39.5 Å². The maximum absolute atomic E-state index is 14.1. The van der Waals surface area contributed by atoms with Crippen molar-refractivity contribution in [3.05, 3.63) is 100 Å². The van der Waals surface area contributed by atoms with E-state index >= 15 is 0 Å². The summed E-state index contributed by atoms with van der Waals surface area (Å²) in [6, 6.07) is 19.1. The molecule has 38 heavy (non-hydrogen) atoms. The number of carboxylic acid groups (broad SMARTS) is 1. The Hall–Kier alpha value is -4.01. The first-order chi connectivity index (χ1) is 18.4. The molecule has 0 amide bonds. The standard InChI is InChI=1S/C29H23ClFN3O4/c30-21-6-3-20(23(31)14-21)16-38-28-8-5-18-2-1-17(11-25(18)33-28)12-27-32-24-7-4-19(29(35)36)13-26(24)34(27)15-22-9-10-37-22/h1-8,11,13-14,22H,9-10,12,15-16H2,(H,35,36)/t22-/m0/s1. The van der Waals surface area contributed by atoms with Gasteiger partial charge in [0.05, 0.1) is 34.8 Å². The Balaban J connectivity index is 1.28. The molecule has 3 heterocycles. The van der Waals surface area contributed by atoms with Crippen LogP contribution >= 0.6 is 11.6 Å². The highest BCUT2D eigenvalue weighted by Crippen LogP contribution is 2.26. The molecule has 5 aromatic rings. The number of hydrogen-bond acceptors (Lipinski definition) is 5. The smallest absolute Gasteiger partial charge is 0.335 e. The number of hydrogen-bond donors (Lipinski definition) is 1. The van der Waals surface area contributed by atoms with Gasteiger partial charge in [-0.3, -0.25) is 0 Å². The first kappa shape index (κ1) is 24.3. The summed E-state index contributed by atoms with van der Waals surface area (Å²) in [5.41, 5.74) is 3.88. The molecule has 1 N–H and O–H groups in total. The average molecular weight is 532 g/mol. The number of imidazole rings is 1. The molecule has 9 heteroatoms. The Morgan fingerprint density at radius 2 is 1.92 bits per heavy atom. The number of nitrogens with zero attached hydrogens (tertiary/aromatic N) is 3. The van der Waals surface area contributed by atoms with E-state index in [0.717, 1.165) is 46.4 Å². The largest absolute Gasteiger partial charge is 0.478 e. The Labute approximate surface area is 222 Å². The molecule has 2 aromatic heterocycles. The maximum atomic E-state index is 14.1. The van der Waals surface area contributed by atoms with E-state index in [1.165, 1.54) is 6.07 Å². The molecule has 0 aliphatic carbocycles. The van der Waals surface area contributed by atoms with Gasteiger partial charge in [-0.05, 0) is 54.4 Å². The zero-order valence-corrected chi connectivity index (χ0v) is 21.0. The minimum Gasteiger partial charge on any atom is -0.478 e. The van der Waals surface area contributed by atoms with E-state index in [-0.39, 0.29) is 18.3 Å². The molecule has 192 valence electrons. The van der Waals surface area contributed by atoms with E-state index in [4.69, 9.17) is 26.1 Å². The molecule has 1 aliphatic rings. The van der Waals surface area contributed by atoms with Gasteiger partial charge in [-0.25, -0.2) is 19.2 Å². The van der Waals surface area contributed by atoms with Crippen molar-refractivity contribution in [2.45, 2.75) is 32.1 Å². The van der Waals surface area contributed by atoms with E-state index in [1.54, 1.807) is 36.4 Å². The van der Waals surface area contributed by atoms with E-state index in [0.29, 0.717) is 29.4 Å². The quantitative estimate of drug-likeness (QED) is 0.263. The predicted octanol–water partition coefficient (Wildman–Crippen LogP) is 6.03. The van der Waals surface area contributed by atoms with Crippen LogP contribution < -0.4 is 4.74 Å². The van der Waals surface area contributed by atoms with Crippen LogP contribution in [0.5, 0.6) is 5.88 Å². The van der Waals surface area contributed by atoms with Crippen LogP contribution in [-0.4, -0.2) is 38.3 Å². The number of rotatable bonds is 8. The summed E-state index contributed by atoms with van der Waals surface area (Å²) in [7, 11) is 0. The fourth-order valence-electron chi connectivity index (χ4n) is 4.58. The fraction of sp³-hybridized carbons (Fsp3) is 0.207. The molecule has 7 nitrogen and oxygen atoms in total. The van der Waals surface area contributed by atoms with Crippen LogP contribution in [0.15, 0.2) is 66.7 Å². The van der Waals surface area contributed by atoms with Crippen LogP contribution in [0, 0.1) is 5.82 Å². The summed E-state index contributed by atoms with van der Waals surface area (Å²) in [5, 5.41) is 10.7. The highest BCUT2D eigenvalue weighted by Gasteiger charge is 2.22. The van der Waals surface area contributed by atoms with E-state index in [1.807, 2.05) is 24.3 Å². The average Bonchev–Trinajstić information content (AvgIpc) is 3.21. The highest BCUT2D eigenvalue weighted by atomic mass is 35.5. The number of ether oxygens (including phenoxy) is 2. The molecule has 1 fully saturated rings. The molecule has 0 bridgehead atoms. The molecule has 1 atom stereocenters. The second kappa shape index (κ2) is 10.0. The monoisotopic (exact) mass is 531 g/mol. The third kappa shape index (κ3) is 4.92. The van der Waals surface area contributed by atoms with Gasteiger partial charge in [0.2, 0.25) is 5.88 Å². The molecule has 1 saturated heterocycles. The summed E-state index contributed by atoms with van der Waals surface area (Å²) >= 11 is 5.83. The van der Waals surface area contributed by atoms with E-state index < -0.39 is 11.8 Å². The van der Waals surface area contributed by atoms with Gasteiger partial charge in [0.15, 0.2) is 0 Å². The minimum atomic E-state index is -0.974. The summed E-state index contributed by atoms with van der Waals surface area (Å²) in [5.74, 6) is -0.188. The first-order valence-corrected chi connectivity index (χ1v) is 12.6. The van der Waals surface area contributed by atoms with Crippen LogP contribution in [0.3, 0.4) is 0 Å². The molecule has 1 aliphatic heterocycles. The molecule has 0 saturated carbocycles. The minimum absolute atomic E-state index is 0.0345. The van der Waals surface area contributed by atoms with Gasteiger partial charge in [-0.15, -0.1) is 0 Å². The summed E-state index contributed by atoms with van der Waals surface area (Å²) < 4.78 is 27.6. The number of pyridine rings is 1. The molecule has 0 radical (unpaired) electrons. The zero-order valence-electron chi connectivity index (χ0n) is 20.2. The second-order valence-electron chi connectivity index (χ2n) is 9.31. The Morgan fingerprint density at radius 3 is 2.68 bits per heavy atom. The number of fused-ring (bicyclic) bond motifs is 2. The van der Waals surface area contributed by atoms with Gasteiger partial charge < -0.3 is 19.1 Å². The number of benzene rings is 3. The number of carboxylic acids is 1. The lowest BCUT2D eigenvalue weighted by Crippen LogP contribution is -2.31. The third-order valence-electron chi connectivity index (χ3n) is 6.74. The molecular formula is C29H23ClFN3O4. The van der Waals surface area contributed by atoms with Crippen molar-refractivity contribution in [2.24, 2.45) is 0 Å². The first-order valence-electron chi connectivity index (χ1n) is 12.2. The van der Waals surface area contributed by atoms with Gasteiger partial charge in [-0.1, -0.05) is 29.8 Å². The molecule has 6 rings (SSSR count). The van der Waals surface area contributed by atoms with Crippen molar-refractivity contribution in [1.29, 1.82) is 0 Å². The lowest BCUT2D eigenvalue weighted by Gasteiger charge is -2.27. The predicted molar refractivity (Wildman–Crippen MR) is 141 cm³/mol. The lowest BCUT2D eigenvalue weighted by molar-refractivity contribution is -0.0589. The lowest BCUT2D eigenvalue weighted by atomic mass is 10.1. The summed E-state index contributed by atoms with van der Waals surface area (Å²) in [6.07, 6.45) is 1.58. The van der Waals surface area contributed by atoms with Crippen LogP contribution in [0.2, 0.25) is 5.02 Å². The Bertz CT molecular complexity index is 1680. The van der Waals surface area contributed by atoms with Crippen molar-refractivity contribution < 1.29 is 23.8 Å². The fourth-order valence-corrected chi connectivity index (χ4v) is 4.74. The second-order valence-corrected chi connectivity index (χ2v) is 9.74. The number of carbonyl (C=O) groups is 1. The van der Waals surface area contributed by atoms with E-state index in [9.17, 15) is 14.3 Å². The summed E-state index contributed by atoms with van der Waals surface area (Å²) in [6.45, 7) is 1.38. The van der Waals surface area contributed by atoms with Gasteiger partial charge >= 0.3 is 5.97 Å². The number of aromatic carboxylic acids is 1. The van der Waals surface area contributed by atoms with Crippen molar-refractivity contribution in [3.8, 4) is 5.88 Å². The van der Waals surface area contributed by atoms with Gasteiger partial charge in [-0.2, -0.15) is 0 Å². The molecule has 0 spiro atoms. The number of halogens is 2. The van der Waals surface area contributed by atoms with Crippen molar-refractivity contribution in [2.75, 3.05) is 6.61 Å². The van der Waals surface area contributed by atoms with Crippen molar-refractivity contribution in [1.82, 2.24) is 14.5 Å². The third-order valence-corrected chi connectivity index (χ3v) is 6.97. The van der Waals surface area contributed by atoms with Crippen molar-refractivity contribution in [3.63, 3.8) is 0 Å². The highest BCUT2D eigenvalue weighted by molar-refractivity contribution is 6.30. The normalized spacial score (nSPS) is 15.1. The number of aromatic nitrogens is 3. The zero-order chi connectivity index (χ0) is 26.2. The Kier molecular flexibility index (Phi) is 6.43. The maximum Gasteiger partial charge on any atom is 0.335 e. The SMILES string of the molecule is O=C(O)c1ccc2nc(Cc3ccc4ccc(OCc5ccc(Cl)cc5F)nc4c3)n(C[C@@H]3CCO3)c2c1. The Morgan fingerprint density at radius 1 is 1.08 bits per heavy atom. The molecular weight excluding hydrogens is 509 g/mol. The molecule has 3 aromatic carbocycles. The van der Waals surface area contributed by atoms with Crippen LogP contribution in [0.1, 0.15) is 33.7 Å².